The molecule has 0 aromatic heterocycles. The van der Waals surface area contributed by atoms with Gasteiger partial charge in [-0.1, -0.05) is 42.8 Å². The lowest BCUT2D eigenvalue weighted by Crippen LogP contribution is -2.36. The Morgan fingerprint density at radius 1 is 1.08 bits per heavy atom. The zero-order chi connectivity index (χ0) is 18.9. The molecule has 0 unspecified atom stereocenters. The lowest BCUT2D eigenvalue weighted by Gasteiger charge is -2.12. The van der Waals surface area contributed by atoms with Crippen LogP contribution >= 0.6 is 11.6 Å². The van der Waals surface area contributed by atoms with Crippen LogP contribution in [-0.2, 0) is 21.0 Å². The second-order valence-corrected chi connectivity index (χ2v) is 9.25. The fourth-order valence-electron chi connectivity index (χ4n) is 3.56. The Bertz CT molecular complexity index is 865. The summed E-state index contributed by atoms with van der Waals surface area (Å²) in [4.78, 5) is 0.242. The van der Waals surface area contributed by atoms with Gasteiger partial charge >= 0.3 is 0 Å². The number of nitrogens with two attached hydrogens (primary N) is 1. The molecule has 1 fully saturated rings. The number of hydrogen-bond acceptors (Lipinski definition) is 4. The summed E-state index contributed by atoms with van der Waals surface area (Å²) in [5.74, 6) is -0.291. The van der Waals surface area contributed by atoms with E-state index in [9.17, 15) is 8.42 Å². The molecule has 2 aromatic rings. The molecular weight excluding hydrogens is 370 g/mol. The van der Waals surface area contributed by atoms with E-state index in [1.807, 2.05) is 31.2 Å². The molecule has 140 valence electrons. The van der Waals surface area contributed by atoms with Gasteiger partial charge in [-0.2, -0.15) is 0 Å². The Balaban J connectivity index is 1.97. The molecule has 2 N–H and O–H groups in total. The quantitative estimate of drug-likeness (QED) is 0.780. The third kappa shape index (κ3) is 3.41. The van der Waals surface area contributed by atoms with Gasteiger partial charge < -0.3 is 10.5 Å². The minimum atomic E-state index is -3.60. The molecular formula is C20H24ClNO3S. The van der Waals surface area contributed by atoms with Crippen LogP contribution in [0.15, 0.2) is 53.4 Å². The summed E-state index contributed by atoms with van der Waals surface area (Å²) in [6, 6.07) is 14.3. The number of hydrogen-bond donors (Lipinski definition) is 1. The topological polar surface area (TPSA) is 69.4 Å². The summed E-state index contributed by atoms with van der Waals surface area (Å²) in [6.07, 6.45) is 0.935. The largest absolute Gasteiger partial charge is 0.380 e. The van der Waals surface area contributed by atoms with E-state index in [0.29, 0.717) is 11.6 Å². The SMILES string of the molecule is CCOC[C@@]1(N)[C@@H](c2ccc(CC)cc2)[C@@H]1S(=O)(=O)c1ccc(Cl)cc1. The highest BCUT2D eigenvalue weighted by Gasteiger charge is 2.69. The van der Waals surface area contributed by atoms with Gasteiger partial charge in [0, 0.05) is 17.5 Å². The van der Waals surface area contributed by atoms with Crippen molar-refractivity contribution in [2.24, 2.45) is 5.73 Å². The number of rotatable bonds is 7. The third-order valence-electron chi connectivity index (χ3n) is 5.08. The smallest absolute Gasteiger partial charge is 0.183 e. The van der Waals surface area contributed by atoms with Gasteiger partial charge in [-0.15, -0.1) is 0 Å². The van der Waals surface area contributed by atoms with Crippen molar-refractivity contribution >= 4 is 21.4 Å². The molecule has 26 heavy (non-hydrogen) atoms. The highest BCUT2D eigenvalue weighted by atomic mass is 35.5. The maximum Gasteiger partial charge on any atom is 0.183 e. The molecule has 4 nitrogen and oxygen atoms in total. The van der Waals surface area contributed by atoms with Crippen molar-refractivity contribution in [3.05, 3.63) is 64.7 Å². The molecule has 0 amide bonds. The van der Waals surface area contributed by atoms with Gasteiger partial charge in [-0.3, -0.25) is 0 Å². The van der Waals surface area contributed by atoms with E-state index in [0.717, 1.165) is 12.0 Å². The van der Waals surface area contributed by atoms with Gasteiger partial charge in [0.1, 0.15) is 0 Å². The maximum atomic E-state index is 13.2. The van der Waals surface area contributed by atoms with Crippen LogP contribution in [-0.4, -0.2) is 32.4 Å². The second kappa shape index (κ2) is 7.31. The summed E-state index contributed by atoms with van der Waals surface area (Å²) in [7, 11) is -3.60. The molecule has 0 aliphatic heterocycles. The van der Waals surface area contributed by atoms with Crippen LogP contribution in [0.4, 0.5) is 0 Å². The fraction of sp³-hybridized carbons (Fsp3) is 0.400. The zero-order valence-corrected chi connectivity index (χ0v) is 16.6. The number of halogens is 1. The third-order valence-corrected chi connectivity index (χ3v) is 7.64. The first kappa shape index (κ1) is 19.4. The first-order valence-electron chi connectivity index (χ1n) is 8.79. The molecule has 0 radical (unpaired) electrons. The van der Waals surface area contributed by atoms with Crippen LogP contribution < -0.4 is 5.73 Å². The Morgan fingerprint density at radius 3 is 2.23 bits per heavy atom. The number of benzene rings is 2. The second-order valence-electron chi connectivity index (χ2n) is 6.74. The Morgan fingerprint density at radius 2 is 1.69 bits per heavy atom. The maximum absolute atomic E-state index is 13.2. The van der Waals surface area contributed by atoms with Crippen LogP contribution in [0, 0.1) is 0 Å². The summed E-state index contributed by atoms with van der Waals surface area (Å²) < 4.78 is 32.0. The van der Waals surface area contributed by atoms with Crippen molar-refractivity contribution < 1.29 is 13.2 Å². The van der Waals surface area contributed by atoms with Gasteiger partial charge in [0.25, 0.3) is 0 Å². The van der Waals surface area contributed by atoms with Crippen molar-refractivity contribution in [3.63, 3.8) is 0 Å². The van der Waals surface area contributed by atoms with E-state index in [2.05, 4.69) is 6.92 Å². The number of sulfone groups is 1. The van der Waals surface area contributed by atoms with Crippen molar-refractivity contribution in [3.8, 4) is 0 Å². The molecule has 0 heterocycles. The van der Waals surface area contributed by atoms with Gasteiger partial charge in [-0.25, -0.2) is 8.42 Å². The zero-order valence-electron chi connectivity index (χ0n) is 15.0. The van der Waals surface area contributed by atoms with Gasteiger partial charge in [0.15, 0.2) is 9.84 Å². The van der Waals surface area contributed by atoms with Crippen LogP contribution in [0.1, 0.15) is 30.9 Å². The molecule has 3 atom stereocenters. The van der Waals surface area contributed by atoms with Crippen molar-refractivity contribution in [2.45, 2.75) is 41.9 Å². The molecule has 2 aromatic carbocycles. The van der Waals surface area contributed by atoms with E-state index in [1.165, 1.54) is 17.7 Å². The molecule has 0 bridgehead atoms. The van der Waals surface area contributed by atoms with E-state index < -0.39 is 20.6 Å². The van der Waals surface area contributed by atoms with Gasteiger partial charge in [-0.05, 0) is 48.7 Å². The minimum absolute atomic E-state index is 0.210. The summed E-state index contributed by atoms with van der Waals surface area (Å²) in [5, 5.41) is -0.213. The van der Waals surface area contributed by atoms with Gasteiger partial charge in [0.05, 0.1) is 22.3 Å². The molecule has 1 aliphatic rings. The lowest BCUT2D eigenvalue weighted by atomic mass is 10.0. The monoisotopic (exact) mass is 393 g/mol. The average molecular weight is 394 g/mol. The standard InChI is InChI=1S/C20H24ClNO3S/c1-3-14-5-7-15(8-6-14)18-19(20(18,22)13-25-4-2)26(23,24)17-11-9-16(21)10-12-17/h5-12,18-19H,3-4,13,22H2,1-2H3/t18-,19-,20+/m0/s1. The fourth-order valence-corrected chi connectivity index (χ4v) is 5.98. The molecule has 1 saturated carbocycles. The lowest BCUT2D eigenvalue weighted by molar-refractivity contribution is 0.125. The Kier molecular flexibility index (Phi) is 5.45. The normalized spacial score (nSPS) is 25.2. The van der Waals surface area contributed by atoms with Crippen molar-refractivity contribution in [1.29, 1.82) is 0 Å². The molecule has 0 spiro atoms. The highest BCUT2D eigenvalue weighted by Crippen LogP contribution is 2.55. The predicted molar refractivity (Wildman–Crippen MR) is 104 cm³/mol. The van der Waals surface area contributed by atoms with Gasteiger partial charge in [0.2, 0.25) is 0 Å². The average Bonchev–Trinajstić information content (AvgIpc) is 3.27. The predicted octanol–water partition coefficient (Wildman–Crippen LogP) is 3.58. The Labute approximate surface area is 160 Å². The molecule has 0 saturated heterocycles. The van der Waals surface area contributed by atoms with Crippen LogP contribution in [0.25, 0.3) is 0 Å². The van der Waals surface area contributed by atoms with Crippen molar-refractivity contribution in [1.82, 2.24) is 0 Å². The first-order chi connectivity index (χ1) is 12.3. The molecule has 3 rings (SSSR count). The van der Waals surface area contributed by atoms with Crippen LogP contribution in [0.2, 0.25) is 5.02 Å². The first-order valence-corrected chi connectivity index (χ1v) is 10.7. The number of ether oxygens (including phenoxy) is 1. The van der Waals surface area contributed by atoms with E-state index in [4.69, 9.17) is 22.1 Å². The van der Waals surface area contributed by atoms with Crippen LogP contribution in [0.5, 0.6) is 0 Å². The summed E-state index contributed by atoms with van der Waals surface area (Å²) in [6.45, 7) is 4.66. The van der Waals surface area contributed by atoms with Crippen molar-refractivity contribution in [2.75, 3.05) is 13.2 Å². The summed E-state index contributed by atoms with van der Waals surface area (Å²) >= 11 is 5.90. The summed E-state index contributed by atoms with van der Waals surface area (Å²) in [5.41, 5.74) is 7.76. The number of aryl methyl sites for hydroxylation is 1. The van der Waals surface area contributed by atoms with E-state index in [1.54, 1.807) is 12.1 Å². The van der Waals surface area contributed by atoms with E-state index in [-0.39, 0.29) is 17.4 Å². The van der Waals surface area contributed by atoms with Crippen LogP contribution in [0.3, 0.4) is 0 Å². The molecule has 1 aliphatic carbocycles. The minimum Gasteiger partial charge on any atom is -0.380 e. The van der Waals surface area contributed by atoms with E-state index >= 15 is 0 Å². The highest BCUT2D eigenvalue weighted by molar-refractivity contribution is 7.92. The Hall–Kier alpha value is -1.40. The molecule has 6 heteroatoms.